The van der Waals surface area contributed by atoms with Crippen molar-refractivity contribution in [1.82, 2.24) is 4.31 Å². The Bertz CT molecular complexity index is 683. The van der Waals surface area contributed by atoms with Gasteiger partial charge in [0.1, 0.15) is 0 Å². The lowest BCUT2D eigenvalue weighted by molar-refractivity contribution is -0.299. The van der Waals surface area contributed by atoms with Gasteiger partial charge in [-0.05, 0) is 38.5 Å². The van der Waals surface area contributed by atoms with Crippen LogP contribution in [-0.2, 0) is 19.5 Å². The second-order valence-electron chi connectivity index (χ2n) is 6.61. The van der Waals surface area contributed by atoms with E-state index in [1.165, 1.54) is 4.31 Å². The number of benzene rings is 1. The molecule has 0 aliphatic carbocycles. The average molecular weight is 346 g/mol. The minimum absolute atomic E-state index is 0.227. The molecule has 0 atom stereocenters. The molecule has 2 heterocycles. The zero-order valence-electron chi connectivity index (χ0n) is 12.9. The third kappa shape index (κ3) is 2.67. The number of rotatable bonds is 2. The maximum Gasteiger partial charge on any atom is 0.243 e. The minimum Gasteiger partial charge on any atom is -0.350 e. The highest BCUT2D eigenvalue weighted by molar-refractivity contribution is 7.89. The zero-order valence-corrected chi connectivity index (χ0v) is 14.5. The van der Waals surface area contributed by atoms with Gasteiger partial charge >= 0.3 is 0 Å². The van der Waals surface area contributed by atoms with Crippen LogP contribution in [0.4, 0.5) is 0 Å². The summed E-state index contributed by atoms with van der Waals surface area (Å²) in [7, 11) is -3.52. The molecule has 0 bridgehead atoms. The molecule has 3 rings (SSSR count). The van der Waals surface area contributed by atoms with Crippen LogP contribution in [0.1, 0.15) is 19.4 Å². The number of nitrogens with zero attached hydrogens (tertiary/aromatic N) is 1. The summed E-state index contributed by atoms with van der Waals surface area (Å²) < 4.78 is 38.3. The summed E-state index contributed by atoms with van der Waals surface area (Å²) in [5.74, 6) is -0.589. The van der Waals surface area contributed by atoms with E-state index in [2.05, 4.69) is 0 Å². The van der Waals surface area contributed by atoms with Crippen molar-refractivity contribution in [1.29, 1.82) is 0 Å². The van der Waals surface area contributed by atoms with Crippen LogP contribution >= 0.6 is 11.6 Å². The number of hydrogen-bond acceptors (Lipinski definition) is 4. The molecule has 2 aliphatic heterocycles. The first-order valence-corrected chi connectivity index (χ1v) is 9.00. The highest BCUT2D eigenvalue weighted by atomic mass is 35.5. The summed E-state index contributed by atoms with van der Waals surface area (Å²) in [5.41, 5.74) is 0.358. The van der Waals surface area contributed by atoms with Gasteiger partial charge in [-0.15, -0.1) is 0 Å². The molecule has 5 nitrogen and oxygen atoms in total. The van der Waals surface area contributed by atoms with E-state index in [1.807, 2.05) is 13.8 Å². The summed E-state index contributed by atoms with van der Waals surface area (Å²) >= 11 is 6.04. The van der Waals surface area contributed by atoms with Gasteiger partial charge in [0.2, 0.25) is 10.0 Å². The van der Waals surface area contributed by atoms with Crippen LogP contribution in [0.3, 0.4) is 0 Å². The van der Waals surface area contributed by atoms with Gasteiger partial charge in [-0.25, -0.2) is 8.42 Å². The van der Waals surface area contributed by atoms with Crippen LogP contribution < -0.4 is 0 Å². The molecule has 7 heteroatoms. The smallest absolute Gasteiger partial charge is 0.243 e. The van der Waals surface area contributed by atoms with E-state index in [-0.39, 0.29) is 10.3 Å². The Kier molecular flexibility index (Phi) is 3.81. The van der Waals surface area contributed by atoms with Crippen LogP contribution in [0.25, 0.3) is 0 Å². The summed E-state index contributed by atoms with van der Waals surface area (Å²) in [4.78, 5) is 0.271. The van der Waals surface area contributed by atoms with Crippen molar-refractivity contribution in [3.63, 3.8) is 0 Å². The topological polar surface area (TPSA) is 55.8 Å². The molecule has 22 heavy (non-hydrogen) atoms. The molecule has 0 unspecified atom stereocenters. The van der Waals surface area contributed by atoms with E-state index in [1.54, 1.807) is 25.1 Å². The van der Waals surface area contributed by atoms with Crippen LogP contribution in [-0.4, -0.2) is 44.8 Å². The van der Waals surface area contributed by atoms with Crippen molar-refractivity contribution in [2.75, 3.05) is 26.3 Å². The fourth-order valence-electron chi connectivity index (χ4n) is 2.80. The molecule has 1 spiro atoms. The quantitative estimate of drug-likeness (QED) is 0.826. The lowest BCUT2D eigenvalue weighted by Gasteiger charge is -2.53. The van der Waals surface area contributed by atoms with Crippen molar-refractivity contribution in [3.05, 3.63) is 28.8 Å². The highest BCUT2D eigenvalue weighted by Gasteiger charge is 2.52. The van der Waals surface area contributed by atoms with Gasteiger partial charge in [0.25, 0.3) is 0 Å². The standard InChI is InChI=1S/C15H20ClNO4S/c1-11-12(16)5-4-6-13(11)22(18,19)17-7-15(8-17)9-20-14(2,3)21-10-15/h4-6H,7-10H2,1-3H3. The van der Waals surface area contributed by atoms with Gasteiger partial charge in [-0.2, -0.15) is 4.31 Å². The van der Waals surface area contributed by atoms with Gasteiger partial charge in [-0.1, -0.05) is 17.7 Å². The molecular weight excluding hydrogens is 326 g/mol. The second-order valence-corrected chi connectivity index (χ2v) is 8.93. The van der Waals surface area contributed by atoms with E-state index >= 15 is 0 Å². The number of hydrogen-bond donors (Lipinski definition) is 0. The predicted octanol–water partition coefficient (Wildman–Crippen LogP) is 2.42. The molecule has 0 saturated carbocycles. The van der Waals surface area contributed by atoms with E-state index in [0.29, 0.717) is 36.9 Å². The normalized spacial score (nSPS) is 24.2. The van der Waals surface area contributed by atoms with E-state index in [9.17, 15) is 8.42 Å². The molecule has 0 radical (unpaired) electrons. The Balaban J connectivity index is 1.76. The van der Waals surface area contributed by atoms with Gasteiger partial charge < -0.3 is 9.47 Å². The first-order valence-electron chi connectivity index (χ1n) is 7.19. The van der Waals surface area contributed by atoms with E-state index in [4.69, 9.17) is 21.1 Å². The van der Waals surface area contributed by atoms with Crippen LogP contribution in [0.5, 0.6) is 0 Å². The lowest BCUT2D eigenvalue weighted by atomic mass is 9.82. The molecule has 1 aromatic carbocycles. The maximum absolute atomic E-state index is 12.7. The Hall–Kier alpha value is -0.660. The fourth-order valence-corrected chi connectivity index (χ4v) is 4.94. The van der Waals surface area contributed by atoms with E-state index in [0.717, 1.165) is 0 Å². The van der Waals surface area contributed by atoms with Crippen molar-refractivity contribution < 1.29 is 17.9 Å². The lowest BCUT2D eigenvalue weighted by Crippen LogP contribution is -2.65. The molecular formula is C15H20ClNO4S. The molecule has 2 saturated heterocycles. The zero-order chi connectivity index (χ0) is 16.2. The Morgan fingerprint density at radius 2 is 1.77 bits per heavy atom. The van der Waals surface area contributed by atoms with Crippen molar-refractivity contribution in [3.8, 4) is 0 Å². The highest BCUT2D eigenvalue weighted by Crippen LogP contribution is 2.40. The fraction of sp³-hybridized carbons (Fsp3) is 0.600. The third-order valence-corrected chi connectivity index (χ3v) is 6.66. The van der Waals surface area contributed by atoms with Crippen LogP contribution in [0.2, 0.25) is 5.02 Å². The maximum atomic E-state index is 12.7. The molecule has 0 amide bonds. The summed E-state index contributed by atoms with van der Waals surface area (Å²) in [6.45, 7) is 7.31. The average Bonchev–Trinajstić information content (AvgIpc) is 2.39. The van der Waals surface area contributed by atoms with E-state index < -0.39 is 15.8 Å². The summed E-state index contributed by atoms with van der Waals surface area (Å²) in [6, 6.07) is 4.95. The van der Waals surface area contributed by atoms with Crippen molar-refractivity contribution >= 4 is 21.6 Å². The largest absolute Gasteiger partial charge is 0.350 e. The van der Waals surface area contributed by atoms with Crippen LogP contribution in [0.15, 0.2) is 23.1 Å². The third-order valence-electron chi connectivity index (χ3n) is 4.31. The second kappa shape index (κ2) is 5.18. The Labute approximate surface area is 136 Å². The van der Waals surface area contributed by atoms with Crippen molar-refractivity contribution in [2.24, 2.45) is 5.41 Å². The predicted molar refractivity (Wildman–Crippen MR) is 83.4 cm³/mol. The SMILES string of the molecule is Cc1c(Cl)cccc1S(=O)(=O)N1CC2(COC(C)(C)OC2)C1. The summed E-state index contributed by atoms with van der Waals surface area (Å²) in [5, 5.41) is 0.461. The monoisotopic (exact) mass is 345 g/mol. The van der Waals surface area contributed by atoms with Crippen LogP contribution in [0, 0.1) is 12.3 Å². The number of sulfonamides is 1. The molecule has 1 aromatic rings. The van der Waals surface area contributed by atoms with Crippen molar-refractivity contribution in [2.45, 2.75) is 31.5 Å². The molecule has 122 valence electrons. The Morgan fingerprint density at radius 3 is 2.36 bits per heavy atom. The Morgan fingerprint density at radius 1 is 1.18 bits per heavy atom. The number of ether oxygens (including phenoxy) is 2. The molecule has 2 aliphatic rings. The summed E-state index contributed by atoms with van der Waals surface area (Å²) in [6.07, 6.45) is 0. The minimum atomic E-state index is -3.52. The number of halogens is 1. The molecule has 0 aromatic heterocycles. The van der Waals surface area contributed by atoms with Gasteiger partial charge in [0.15, 0.2) is 5.79 Å². The van der Waals surface area contributed by atoms with Gasteiger partial charge in [0, 0.05) is 23.5 Å². The van der Waals surface area contributed by atoms with Gasteiger partial charge in [-0.3, -0.25) is 0 Å². The first-order chi connectivity index (χ1) is 10.2. The molecule has 2 fully saturated rings. The first kappa shape index (κ1) is 16.2. The molecule has 0 N–H and O–H groups in total. The van der Waals surface area contributed by atoms with Gasteiger partial charge in [0.05, 0.1) is 18.1 Å².